The van der Waals surface area contributed by atoms with Crippen LogP contribution in [0.15, 0.2) is 18.2 Å². The summed E-state index contributed by atoms with van der Waals surface area (Å²) in [5.74, 6) is 0. The van der Waals surface area contributed by atoms with Crippen molar-refractivity contribution < 1.29 is 4.92 Å². The molecule has 0 aromatic heterocycles. The fourth-order valence-electron chi connectivity index (χ4n) is 0.935. The van der Waals surface area contributed by atoms with Gasteiger partial charge < -0.3 is 0 Å². The zero-order valence-electron chi connectivity index (χ0n) is 6.48. The van der Waals surface area contributed by atoms with E-state index in [2.05, 4.69) is 12.2 Å². The van der Waals surface area contributed by atoms with E-state index in [4.69, 9.17) is 0 Å². The molecule has 0 spiro atoms. The van der Waals surface area contributed by atoms with Crippen LogP contribution >= 0.6 is 12.2 Å². The molecular formula is C8H7NO2S. The van der Waals surface area contributed by atoms with Gasteiger partial charge in [-0.1, -0.05) is 23.8 Å². The molecule has 0 aliphatic heterocycles. The van der Waals surface area contributed by atoms with Crippen molar-refractivity contribution in [2.75, 3.05) is 0 Å². The number of rotatable bonds is 2. The number of nitro groups is 1. The quantitative estimate of drug-likeness (QED) is 0.399. The monoisotopic (exact) mass is 181 g/mol. The number of thiocarbonyl (C=S) groups is 1. The zero-order valence-corrected chi connectivity index (χ0v) is 7.30. The van der Waals surface area contributed by atoms with Gasteiger partial charge in [0.25, 0.3) is 5.69 Å². The maximum atomic E-state index is 10.4. The van der Waals surface area contributed by atoms with Crippen LogP contribution in [-0.2, 0) is 0 Å². The van der Waals surface area contributed by atoms with Gasteiger partial charge in [0.15, 0.2) is 0 Å². The molecule has 0 atom stereocenters. The van der Waals surface area contributed by atoms with Gasteiger partial charge in [-0.05, 0) is 13.0 Å². The molecule has 62 valence electrons. The van der Waals surface area contributed by atoms with Gasteiger partial charge in [-0.15, -0.1) is 0 Å². The van der Waals surface area contributed by atoms with Crippen LogP contribution in [0, 0.1) is 17.0 Å². The largest absolute Gasteiger partial charge is 0.277 e. The van der Waals surface area contributed by atoms with Gasteiger partial charge in [0.2, 0.25) is 0 Å². The molecule has 0 saturated heterocycles. The number of hydrogen-bond acceptors (Lipinski definition) is 3. The molecule has 1 aromatic rings. The highest BCUT2D eigenvalue weighted by molar-refractivity contribution is 7.79. The van der Waals surface area contributed by atoms with E-state index in [1.165, 1.54) is 11.4 Å². The molecule has 0 N–H and O–H groups in total. The number of nitro benzene ring substituents is 1. The summed E-state index contributed by atoms with van der Waals surface area (Å²) in [6, 6.07) is 4.86. The first-order valence-electron chi connectivity index (χ1n) is 3.35. The minimum atomic E-state index is -0.433. The third-order valence-electron chi connectivity index (χ3n) is 1.51. The molecule has 0 amide bonds. The van der Waals surface area contributed by atoms with E-state index >= 15 is 0 Å². The lowest BCUT2D eigenvalue weighted by Gasteiger charge is -1.96. The van der Waals surface area contributed by atoms with E-state index < -0.39 is 4.92 Å². The molecule has 0 unspecified atom stereocenters. The van der Waals surface area contributed by atoms with E-state index in [0.29, 0.717) is 5.56 Å². The minimum Gasteiger partial charge on any atom is -0.258 e. The second-order valence-electron chi connectivity index (χ2n) is 2.44. The van der Waals surface area contributed by atoms with Crippen molar-refractivity contribution in [3.05, 3.63) is 39.4 Å². The molecule has 0 fully saturated rings. The van der Waals surface area contributed by atoms with Crippen LogP contribution in [0.4, 0.5) is 5.69 Å². The first-order valence-corrected chi connectivity index (χ1v) is 3.82. The van der Waals surface area contributed by atoms with Crippen molar-refractivity contribution in [2.45, 2.75) is 6.92 Å². The highest BCUT2D eigenvalue weighted by Crippen LogP contribution is 2.17. The van der Waals surface area contributed by atoms with E-state index in [1.807, 2.05) is 6.92 Å². The smallest absolute Gasteiger partial charge is 0.258 e. The fourth-order valence-corrected chi connectivity index (χ4v) is 1.12. The molecule has 12 heavy (non-hydrogen) atoms. The molecule has 4 heteroatoms. The molecule has 0 saturated carbocycles. The predicted octanol–water partition coefficient (Wildman–Crippen LogP) is 2.25. The summed E-state index contributed by atoms with van der Waals surface area (Å²) in [5.41, 5.74) is 1.53. The molecule has 1 aromatic carbocycles. The van der Waals surface area contributed by atoms with Crippen molar-refractivity contribution in [3.63, 3.8) is 0 Å². The summed E-state index contributed by atoms with van der Waals surface area (Å²) in [6.07, 6.45) is 0. The minimum absolute atomic E-state index is 0.0654. The summed E-state index contributed by atoms with van der Waals surface area (Å²) in [4.78, 5) is 10.00. The molecular weight excluding hydrogens is 174 g/mol. The Labute approximate surface area is 75.2 Å². The average molecular weight is 181 g/mol. The number of hydrogen-bond donors (Lipinski definition) is 0. The standard InChI is InChI=1S/C8H7NO2S/c1-6-2-3-8(9(10)11)7(4-6)5-12/h2-5H,1H3. The molecule has 1 rings (SSSR count). The van der Waals surface area contributed by atoms with Crippen LogP contribution in [0.1, 0.15) is 11.1 Å². The van der Waals surface area contributed by atoms with Crippen LogP contribution < -0.4 is 0 Å². The Morgan fingerprint density at radius 1 is 1.58 bits per heavy atom. The third kappa shape index (κ3) is 1.65. The highest BCUT2D eigenvalue weighted by atomic mass is 32.1. The molecule has 0 heterocycles. The predicted molar refractivity (Wildman–Crippen MR) is 50.6 cm³/mol. The van der Waals surface area contributed by atoms with Crippen LogP contribution in [0.2, 0.25) is 0 Å². The Hall–Kier alpha value is -1.29. The fraction of sp³-hybridized carbons (Fsp3) is 0.125. The molecule has 0 bridgehead atoms. The lowest BCUT2D eigenvalue weighted by Crippen LogP contribution is -1.93. The maximum absolute atomic E-state index is 10.4. The van der Waals surface area contributed by atoms with Crippen molar-refractivity contribution in [2.24, 2.45) is 0 Å². The van der Waals surface area contributed by atoms with Gasteiger partial charge in [-0.2, -0.15) is 0 Å². The van der Waals surface area contributed by atoms with Crippen molar-refractivity contribution in [1.82, 2.24) is 0 Å². The summed E-state index contributed by atoms with van der Waals surface area (Å²) in [5, 5.41) is 11.8. The molecule has 3 nitrogen and oxygen atoms in total. The van der Waals surface area contributed by atoms with Crippen molar-refractivity contribution in [3.8, 4) is 0 Å². The topological polar surface area (TPSA) is 43.1 Å². The van der Waals surface area contributed by atoms with Crippen molar-refractivity contribution >= 4 is 23.3 Å². The summed E-state index contributed by atoms with van der Waals surface area (Å²) in [6.45, 7) is 1.87. The molecule has 0 aliphatic rings. The maximum Gasteiger partial charge on any atom is 0.277 e. The van der Waals surface area contributed by atoms with Gasteiger partial charge in [-0.25, -0.2) is 0 Å². The third-order valence-corrected chi connectivity index (χ3v) is 1.76. The SMILES string of the molecule is Cc1ccc([N+](=O)[O-])c(C=S)c1. The second kappa shape index (κ2) is 3.40. The first-order chi connectivity index (χ1) is 5.65. The van der Waals surface area contributed by atoms with Gasteiger partial charge in [0.1, 0.15) is 0 Å². The summed E-state index contributed by atoms with van der Waals surface area (Å²) >= 11 is 4.66. The van der Waals surface area contributed by atoms with E-state index in [-0.39, 0.29) is 5.69 Å². The first kappa shape index (κ1) is 8.80. The van der Waals surface area contributed by atoms with Crippen LogP contribution in [0.25, 0.3) is 0 Å². The summed E-state index contributed by atoms with van der Waals surface area (Å²) < 4.78 is 0. The Bertz CT molecular complexity index is 336. The van der Waals surface area contributed by atoms with Gasteiger partial charge in [0.05, 0.1) is 10.5 Å². The van der Waals surface area contributed by atoms with Crippen molar-refractivity contribution in [1.29, 1.82) is 0 Å². The molecule has 0 radical (unpaired) electrons. The normalized spacial score (nSPS) is 9.42. The Kier molecular flexibility index (Phi) is 2.50. The number of nitrogens with zero attached hydrogens (tertiary/aromatic N) is 1. The number of aryl methyl sites for hydroxylation is 1. The Morgan fingerprint density at radius 3 is 2.75 bits per heavy atom. The van der Waals surface area contributed by atoms with E-state index in [1.54, 1.807) is 12.1 Å². The van der Waals surface area contributed by atoms with E-state index in [0.717, 1.165) is 5.56 Å². The van der Waals surface area contributed by atoms with Crippen LogP contribution in [0.5, 0.6) is 0 Å². The van der Waals surface area contributed by atoms with Gasteiger partial charge in [-0.3, -0.25) is 10.1 Å². The van der Waals surface area contributed by atoms with Crippen LogP contribution in [-0.4, -0.2) is 10.3 Å². The van der Waals surface area contributed by atoms with Crippen LogP contribution in [0.3, 0.4) is 0 Å². The Morgan fingerprint density at radius 2 is 2.25 bits per heavy atom. The average Bonchev–Trinajstić information content (AvgIpc) is 2.03. The highest BCUT2D eigenvalue weighted by Gasteiger charge is 2.10. The Balaban J connectivity index is 3.29. The second-order valence-corrected chi connectivity index (χ2v) is 2.67. The number of benzene rings is 1. The lowest BCUT2D eigenvalue weighted by atomic mass is 10.1. The van der Waals surface area contributed by atoms with Gasteiger partial charge >= 0.3 is 0 Å². The lowest BCUT2D eigenvalue weighted by molar-refractivity contribution is -0.385. The van der Waals surface area contributed by atoms with Gasteiger partial charge in [0, 0.05) is 11.4 Å². The molecule has 0 aliphatic carbocycles. The van der Waals surface area contributed by atoms with E-state index in [9.17, 15) is 10.1 Å². The summed E-state index contributed by atoms with van der Waals surface area (Å²) in [7, 11) is 0. The zero-order chi connectivity index (χ0) is 9.14.